The van der Waals surface area contributed by atoms with Crippen LogP contribution in [0.15, 0.2) is 18.2 Å². The lowest BCUT2D eigenvalue weighted by molar-refractivity contribution is -0.135. The van der Waals surface area contributed by atoms with Crippen molar-refractivity contribution in [2.75, 3.05) is 20.1 Å². The van der Waals surface area contributed by atoms with Crippen molar-refractivity contribution in [3.05, 3.63) is 29.6 Å². The Labute approximate surface area is 138 Å². The van der Waals surface area contributed by atoms with Gasteiger partial charge in [-0.1, -0.05) is 6.07 Å². The van der Waals surface area contributed by atoms with Crippen molar-refractivity contribution in [1.29, 1.82) is 0 Å². The number of benzene rings is 1. The topological polar surface area (TPSA) is 61.0 Å². The molecule has 0 spiro atoms. The Balaban J connectivity index is 2.01. The molecule has 2 aromatic rings. The molecule has 0 unspecified atom stereocenters. The maximum Gasteiger partial charge on any atom is 0.389 e. The highest BCUT2D eigenvalue weighted by Gasteiger charge is 2.26. The van der Waals surface area contributed by atoms with E-state index in [1.807, 2.05) is 25.2 Å². The molecule has 24 heavy (non-hydrogen) atoms. The molecule has 0 bridgehead atoms. The van der Waals surface area contributed by atoms with Gasteiger partial charge in [0.2, 0.25) is 6.41 Å². The van der Waals surface area contributed by atoms with Gasteiger partial charge in [-0.3, -0.25) is 4.79 Å². The molecule has 0 aliphatic carbocycles. The third-order valence-corrected chi connectivity index (χ3v) is 3.65. The minimum absolute atomic E-state index is 0.0130. The number of rotatable bonds is 9. The summed E-state index contributed by atoms with van der Waals surface area (Å²) in [6, 6.07) is 5.57. The molecule has 1 amide bonds. The lowest BCUT2D eigenvalue weighted by Gasteiger charge is -2.16. The summed E-state index contributed by atoms with van der Waals surface area (Å²) in [6.07, 6.45) is -3.87. The highest BCUT2D eigenvalue weighted by molar-refractivity contribution is 5.75. The van der Waals surface area contributed by atoms with E-state index in [1.165, 1.54) is 0 Å². The molecule has 132 valence electrons. The molecule has 5 nitrogen and oxygen atoms in total. The Hall–Kier alpha value is -2.09. The van der Waals surface area contributed by atoms with E-state index in [0.717, 1.165) is 17.5 Å². The molecule has 8 heteroatoms. The number of nitrogens with one attached hydrogen (secondary N) is 2. The van der Waals surface area contributed by atoms with Crippen LogP contribution in [0, 0.1) is 0 Å². The molecule has 2 rings (SSSR count). The van der Waals surface area contributed by atoms with Gasteiger partial charge in [-0.2, -0.15) is 13.2 Å². The van der Waals surface area contributed by atoms with Crippen molar-refractivity contribution in [3.63, 3.8) is 0 Å². The summed E-state index contributed by atoms with van der Waals surface area (Å²) >= 11 is 0. The molecular formula is C16H21F3N4O. The van der Waals surface area contributed by atoms with Crippen LogP contribution in [0.1, 0.15) is 24.2 Å². The third-order valence-electron chi connectivity index (χ3n) is 3.65. The van der Waals surface area contributed by atoms with E-state index in [9.17, 15) is 18.0 Å². The number of aryl methyl sites for hydroxylation is 1. The second-order valence-electron chi connectivity index (χ2n) is 5.68. The average molecular weight is 342 g/mol. The zero-order valence-corrected chi connectivity index (χ0v) is 13.5. The largest absolute Gasteiger partial charge is 0.389 e. The number of fused-ring (bicyclic) bond motifs is 1. The average Bonchev–Trinajstić information content (AvgIpc) is 2.92. The van der Waals surface area contributed by atoms with Gasteiger partial charge in [0.25, 0.3) is 0 Å². The number of carbonyl (C=O) groups is 1. The summed E-state index contributed by atoms with van der Waals surface area (Å²) in [5.74, 6) is 0.550. The number of carbonyl (C=O) groups excluding carboxylic acids is 1. The number of aromatic amines is 1. The molecule has 2 N–H and O–H groups in total. The van der Waals surface area contributed by atoms with E-state index >= 15 is 0 Å². The number of hydrogen-bond acceptors (Lipinski definition) is 3. The van der Waals surface area contributed by atoms with Crippen LogP contribution in [0.4, 0.5) is 13.2 Å². The SMILES string of the molecule is CNCCN(C=O)Cc1ccc2nc(CCCC(F)(F)F)[nH]c2c1. The summed E-state index contributed by atoms with van der Waals surface area (Å²) in [7, 11) is 1.82. The van der Waals surface area contributed by atoms with Gasteiger partial charge in [-0.25, -0.2) is 4.98 Å². The molecular weight excluding hydrogens is 321 g/mol. The fraction of sp³-hybridized carbons (Fsp3) is 0.500. The molecule has 0 fully saturated rings. The Morgan fingerprint density at radius 3 is 2.83 bits per heavy atom. The minimum atomic E-state index is -4.13. The first-order valence-corrected chi connectivity index (χ1v) is 7.79. The van der Waals surface area contributed by atoms with Crippen molar-refractivity contribution in [2.45, 2.75) is 32.0 Å². The smallest absolute Gasteiger partial charge is 0.342 e. The summed E-state index contributed by atoms with van der Waals surface area (Å²) in [5.41, 5.74) is 2.43. The lowest BCUT2D eigenvalue weighted by Crippen LogP contribution is -2.29. The highest BCUT2D eigenvalue weighted by Crippen LogP contribution is 2.23. The van der Waals surface area contributed by atoms with E-state index < -0.39 is 12.6 Å². The monoisotopic (exact) mass is 342 g/mol. The van der Waals surface area contributed by atoms with Gasteiger partial charge in [0.15, 0.2) is 0 Å². The molecule has 1 aromatic carbocycles. The summed E-state index contributed by atoms with van der Waals surface area (Å²) in [5, 5.41) is 2.98. The molecule has 0 atom stereocenters. The number of likely N-dealkylation sites (N-methyl/N-ethyl adjacent to an activating group) is 1. The van der Waals surface area contributed by atoms with Gasteiger partial charge < -0.3 is 15.2 Å². The van der Waals surface area contributed by atoms with E-state index in [-0.39, 0.29) is 12.8 Å². The quantitative estimate of drug-likeness (QED) is 0.689. The van der Waals surface area contributed by atoms with E-state index in [4.69, 9.17) is 0 Å². The van der Waals surface area contributed by atoms with Crippen LogP contribution in [0.3, 0.4) is 0 Å². The van der Waals surface area contributed by atoms with Crippen molar-refractivity contribution in [1.82, 2.24) is 20.2 Å². The normalized spacial score (nSPS) is 11.8. The second-order valence-corrected chi connectivity index (χ2v) is 5.68. The number of aromatic nitrogens is 2. The van der Waals surface area contributed by atoms with Crippen LogP contribution in [0.25, 0.3) is 11.0 Å². The predicted molar refractivity (Wildman–Crippen MR) is 85.5 cm³/mol. The van der Waals surface area contributed by atoms with Gasteiger partial charge >= 0.3 is 6.18 Å². The number of alkyl halides is 3. The Bertz CT molecular complexity index is 669. The first-order valence-electron chi connectivity index (χ1n) is 7.79. The summed E-state index contributed by atoms with van der Waals surface area (Å²) in [6.45, 7) is 1.78. The fourth-order valence-corrected chi connectivity index (χ4v) is 2.44. The van der Waals surface area contributed by atoms with Crippen LogP contribution in [-0.2, 0) is 17.8 Å². The van der Waals surface area contributed by atoms with Crippen molar-refractivity contribution in [3.8, 4) is 0 Å². The van der Waals surface area contributed by atoms with Gasteiger partial charge in [0, 0.05) is 32.5 Å². The first-order chi connectivity index (χ1) is 11.4. The van der Waals surface area contributed by atoms with Gasteiger partial charge in [-0.15, -0.1) is 0 Å². The zero-order chi connectivity index (χ0) is 17.6. The fourth-order valence-electron chi connectivity index (χ4n) is 2.44. The van der Waals surface area contributed by atoms with Gasteiger partial charge in [0.1, 0.15) is 5.82 Å². The highest BCUT2D eigenvalue weighted by atomic mass is 19.4. The zero-order valence-electron chi connectivity index (χ0n) is 13.5. The van der Waals surface area contributed by atoms with Crippen molar-refractivity contribution >= 4 is 17.4 Å². The number of nitrogens with zero attached hydrogens (tertiary/aromatic N) is 2. The van der Waals surface area contributed by atoms with Gasteiger partial charge in [0.05, 0.1) is 11.0 Å². The van der Waals surface area contributed by atoms with Crippen LogP contribution >= 0.6 is 0 Å². The maximum atomic E-state index is 12.2. The standard InChI is InChI=1S/C16H21F3N4O/c1-20-7-8-23(11-24)10-12-4-5-13-14(9-12)22-15(21-13)3-2-6-16(17,18)19/h4-5,9,11,20H,2-3,6-8,10H2,1H3,(H,21,22). The van der Waals surface area contributed by atoms with Crippen LogP contribution in [0.2, 0.25) is 0 Å². The number of amides is 1. The number of imidazole rings is 1. The van der Waals surface area contributed by atoms with Crippen LogP contribution in [0.5, 0.6) is 0 Å². The molecule has 0 aliphatic heterocycles. The maximum absolute atomic E-state index is 12.2. The second kappa shape index (κ2) is 8.14. The number of hydrogen-bond donors (Lipinski definition) is 2. The van der Waals surface area contributed by atoms with E-state index in [0.29, 0.717) is 31.0 Å². The van der Waals surface area contributed by atoms with Crippen molar-refractivity contribution < 1.29 is 18.0 Å². The summed E-state index contributed by atoms with van der Waals surface area (Å²) in [4.78, 5) is 20.1. The van der Waals surface area contributed by atoms with Crippen LogP contribution in [-0.4, -0.2) is 47.6 Å². The molecule has 0 saturated heterocycles. The minimum Gasteiger partial charge on any atom is -0.342 e. The van der Waals surface area contributed by atoms with Crippen LogP contribution < -0.4 is 5.32 Å². The first kappa shape index (κ1) is 18.3. The molecule has 1 heterocycles. The molecule has 1 aromatic heterocycles. The lowest BCUT2D eigenvalue weighted by atomic mass is 10.2. The van der Waals surface area contributed by atoms with Crippen molar-refractivity contribution in [2.24, 2.45) is 0 Å². The Morgan fingerprint density at radius 1 is 1.38 bits per heavy atom. The number of halogens is 3. The Morgan fingerprint density at radius 2 is 2.17 bits per heavy atom. The molecule has 0 saturated carbocycles. The van der Waals surface area contributed by atoms with Gasteiger partial charge in [-0.05, 0) is 31.2 Å². The number of H-pyrrole nitrogens is 1. The molecule has 0 aliphatic rings. The molecule has 0 radical (unpaired) electrons. The summed E-state index contributed by atoms with van der Waals surface area (Å²) < 4.78 is 36.6. The Kier molecular flexibility index (Phi) is 6.19. The third kappa shape index (κ3) is 5.52. The predicted octanol–water partition coefficient (Wildman–Crippen LogP) is 2.63. The van der Waals surface area contributed by atoms with E-state index in [2.05, 4.69) is 15.3 Å². The van der Waals surface area contributed by atoms with E-state index in [1.54, 1.807) is 4.90 Å².